The average Bonchev–Trinajstić information content (AvgIpc) is 2.65. The summed E-state index contributed by atoms with van der Waals surface area (Å²) in [6.07, 6.45) is 0.0568. The van der Waals surface area contributed by atoms with Gasteiger partial charge in [-0.2, -0.15) is 0 Å². The zero-order valence-corrected chi connectivity index (χ0v) is 10.1. The molecule has 1 saturated heterocycles. The molecule has 1 amide bonds. The van der Waals surface area contributed by atoms with E-state index in [1.165, 1.54) is 4.90 Å². The fourth-order valence-corrected chi connectivity index (χ4v) is 2.16. The molecule has 1 N–H and O–H groups in total. The Balaban J connectivity index is 2.32. The van der Waals surface area contributed by atoms with Gasteiger partial charge in [-0.05, 0) is 24.6 Å². The fourth-order valence-electron chi connectivity index (χ4n) is 1.99. The predicted molar refractivity (Wildman–Crippen MR) is 64.3 cm³/mol. The van der Waals surface area contributed by atoms with Crippen LogP contribution in [0.4, 0.5) is 5.69 Å². The summed E-state index contributed by atoms with van der Waals surface area (Å²) >= 11 is 5.98. The normalized spacial score (nSPS) is 19.8. The minimum Gasteiger partial charge on any atom is -0.481 e. The summed E-state index contributed by atoms with van der Waals surface area (Å²) in [5.74, 6) is -1.72. The summed E-state index contributed by atoms with van der Waals surface area (Å²) in [4.78, 5) is 24.1. The summed E-state index contributed by atoms with van der Waals surface area (Å²) in [5, 5.41) is 9.49. The lowest BCUT2D eigenvalue weighted by molar-refractivity contribution is -0.141. The molecular formula is C12H12ClNO3. The number of carboxylic acids is 1. The lowest BCUT2D eigenvalue weighted by Gasteiger charge is -2.19. The Kier molecular flexibility index (Phi) is 3.07. The topological polar surface area (TPSA) is 57.6 Å². The van der Waals surface area contributed by atoms with Crippen LogP contribution in [0.15, 0.2) is 18.2 Å². The lowest BCUT2D eigenvalue weighted by Crippen LogP contribution is -2.26. The van der Waals surface area contributed by atoms with Crippen LogP contribution in [0.5, 0.6) is 0 Å². The molecule has 0 spiro atoms. The highest BCUT2D eigenvalue weighted by molar-refractivity contribution is 6.31. The van der Waals surface area contributed by atoms with Crippen molar-refractivity contribution in [2.45, 2.75) is 13.3 Å². The highest BCUT2D eigenvalue weighted by Gasteiger charge is 2.35. The number of nitrogens with zero attached hydrogens (tertiary/aromatic N) is 1. The smallest absolute Gasteiger partial charge is 0.308 e. The van der Waals surface area contributed by atoms with E-state index in [-0.39, 0.29) is 18.9 Å². The van der Waals surface area contributed by atoms with Gasteiger partial charge in [0.05, 0.1) is 5.92 Å². The number of carboxylic acid groups (broad SMARTS) is 1. The molecule has 0 aliphatic carbocycles. The fraction of sp³-hybridized carbons (Fsp3) is 0.333. The second kappa shape index (κ2) is 4.37. The summed E-state index contributed by atoms with van der Waals surface area (Å²) in [7, 11) is 0. The first-order valence-electron chi connectivity index (χ1n) is 5.29. The van der Waals surface area contributed by atoms with Crippen molar-refractivity contribution in [2.75, 3.05) is 11.4 Å². The van der Waals surface area contributed by atoms with Crippen molar-refractivity contribution in [1.82, 2.24) is 0 Å². The highest BCUT2D eigenvalue weighted by atomic mass is 35.5. The predicted octanol–water partition coefficient (Wildman–Crippen LogP) is 2.09. The largest absolute Gasteiger partial charge is 0.481 e. The minimum atomic E-state index is -0.930. The monoisotopic (exact) mass is 253 g/mol. The Hall–Kier alpha value is -1.55. The van der Waals surface area contributed by atoms with Crippen LogP contribution in [0.2, 0.25) is 5.02 Å². The van der Waals surface area contributed by atoms with Crippen molar-refractivity contribution in [3.8, 4) is 0 Å². The highest BCUT2D eigenvalue weighted by Crippen LogP contribution is 2.31. The summed E-state index contributed by atoms with van der Waals surface area (Å²) in [6, 6.07) is 5.28. The van der Waals surface area contributed by atoms with Gasteiger partial charge in [0, 0.05) is 23.7 Å². The van der Waals surface area contributed by atoms with Crippen molar-refractivity contribution < 1.29 is 14.7 Å². The molecular weight excluding hydrogens is 242 g/mol. The number of carbonyl (C=O) groups is 2. The molecule has 1 aromatic rings. The Morgan fingerprint density at radius 2 is 2.24 bits per heavy atom. The molecule has 2 rings (SSSR count). The van der Waals surface area contributed by atoms with Gasteiger partial charge in [0.25, 0.3) is 0 Å². The molecule has 1 atom stereocenters. The van der Waals surface area contributed by atoms with Crippen LogP contribution in [0.1, 0.15) is 12.0 Å². The summed E-state index contributed by atoms with van der Waals surface area (Å²) < 4.78 is 0. The molecule has 1 aromatic carbocycles. The van der Waals surface area contributed by atoms with Gasteiger partial charge in [-0.1, -0.05) is 17.7 Å². The quantitative estimate of drug-likeness (QED) is 0.878. The number of amides is 1. The molecule has 0 bridgehead atoms. The Morgan fingerprint density at radius 3 is 2.82 bits per heavy atom. The molecule has 0 radical (unpaired) electrons. The lowest BCUT2D eigenvalue weighted by atomic mass is 10.1. The van der Waals surface area contributed by atoms with E-state index in [0.29, 0.717) is 10.7 Å². The number of benzene rings is 1. The third-order valence-corrected chi connectivity index (χ3v) is 3.41. The minimum absolute atomic E-state index is 0.0568. The third-order valence-electron chi connectivity index (χ3n) is 3.00. The van der Waals surface area contributed by atoms with Crippen molar-refractivity contribution in [2.24, 2.45) is 5.92 Å². The number of carbonyl (C=O) groups excluding carboxylic acids is 1. The van der Waals surface area contributed by atoms with E-state index < -0.39 is 11.9 Å². The van der Waals surface area contributed by atoms with E-state index in [4.69, 9.17) is 16.7 Å². The molecule has 1 unspecified atom stereocenters. The second-order valence-corrected chi connectivity index (χ2v) is 4.53. The number of hydrogen-bond donors (Lipinski definition) is 1. The second-order valence-electron chi connectivity index (χ2n) is 4.13. The summed E-state index contributed by atoms with van der Waals surface area (Å²) in [6.45, 7) is 2.04. The maximum atomic E-state index is 11.8. The van der Waals surface area contributed by atoms with Crippen LogP contribution >= 0.6 is 11.6 Å². The van der Waals surface area contributed by atoms with Gasteiger partial charge in [-0.15, -0.1) is 0 Å². The van der Waals surface area contributed by atoms with E-state index >= 15 is 0 Å². The maximum absolute atomic E-state index is 11.8. The molecule has 1 aliphatic heterocycles. The van der Waals surface area contributed by atoms with Crippen LogP contribution in [-0.4, -0.2) is 23.5 Å². The van der Waals surface area contributed by atoms with Gasteiger partial charge in [0.15, 0.2) is 0 Å². The van der Waals surface area contributed by atoms with E-state index in [0.717, 1.165) is 5.56 Å². The van der Waals surface area contributed by atoms with Gasteiger partial charge in [0.1, 0.15) is 0 Å². The molecule has 0 aromatic heterocycles. The number of hydrogen-bond acceptors (Lipinski definition) is 2. The zero-order valence-electron chi connectivity index (χ0n) is 9.31. The Bertz CT molecular complexity index is 487. The number of aliphatic carboxylic acids is 1. The third kappa shape index (κ3) is 2.13. The number of rotatable bonds is 2. The van der Waals surface area contributed by atoms with E-state index in [9.17, 15) is 9.59 Å². The van der Waals surface area contributed by atoms with Gasteiger partial charge in [0.2, 0.25) is 5.91 Å². The van der Waals surface area contributed by atoms with Gasteiger partial charge >= 0.3 is 5.97 Å². The van der Waals surface area contributed by atoms with Crippen molar-refractivity contribution >= 4 is 29.2 Å². The van der Waals surface area contributed by atoms with Crippen LogP contribution in [0.25, 0.3) is 0 Å². The molecule has 5 heteroatoms. The van der Waals surface area contributed by atoms with Gasteiger partial charge in [-0.25, -0.2) is 0 Å². The first-order chi connectivity index (χ1) is 8.00. The SMILES string of the molecule is Cc1c(Cl)cccc1N1CC(C(=O)O)CC1=O. The first-order valence-corrected chi connectivity index (χ1v) is 5.66. The van der Waals surface area contributed by atoms with Crippen molar-refractivity contribution in [3.05, 3.63) is 28.8 Å². The Labute approximate surface area is 104 Å². The molecule has 90 valence electrons. The van der Waals surface area contributed by atoms with E-state index in [2.05, 4.69) is 0 Å². The van der Waals surface area contributed by atoms with Gasteiger partial charge < -0.3 is 10.0 Å². The molecule has 1 aliphatic rings. The van der Waals surface area contributed by atoms with Crippen LogP contribution in [0, 0.1) is 12.8 Å². The van der Waals surface area contributed by atoms with Crippen LogP contribution in [-0.2, 0) is 9.59 Å². The number of halogens is 1. The number of anilines is 1. The maximum Gasteiger partial charge on any atom is 0.308 e. The standard InChI is InChI=1S/C12H12ClNO3/c1-7-9(13)3-2-4-10(7)14-6-8(12(16)17)5-11(14)15/h2-4,8H,5-6H2,1H3,(H,16,17). The zero-order chi connectivity index (χ0) is 12.6. The van der Waals surface area contributed by atoms with Crippen LogP contribution < -0.4 is 4.90 Å². The molecule has 1 fully saturated rings. The molecule has 4 nitrogen and oxygen atoms in total. The Morgan fingerprint density at radius 1 is 1.53 bits per heavy atom. The van der Waals surface area contributed by atoms with Crippen LogP contribution in [0.3, 0.4) is 0 Å². The van der Waals surface area contributed by atoms with E-state index in [1.54, 1.807) is 18.2 Å². The van der Waals surface area contributed by atoms with Gasteiger partial charge in [-0.3, -0.25) is 9.59 Å². The summed E-state index contributed by atoms with van der Waals surface area (Å²) in [5.41, 5.74) is 1.50. The van der Waals surface area contributed by atoms with Crippen molar-refractivity contribution in [3.63, 3.8) is 0 Å². The molecule has 1 heterocycles. The van der Waals surface area contributed by atoms with Crippen molar-refractivity contribution in [1.29, 1.82) is 0 Å². The molecule has 17 heavy (non-hydrogen) atoms. The average molecular weight is 254 g/mol. The first kappa shape index (κ1) is 11.9. The molecule has 0 saturated carbocycles. The van der Waals surface area contributed by atoms with E-state index in [1.807, 2.05) is 6.92 Å².